The minimum absolute atomic E-state index is 0.184. The van der Waals surface area contributed by atoms with E-state index < -0.39 is 0 Å². The number of ether oxygens (including phenoxy) is 3. The van der Waals surface area contributed by atoms with Crippen LogP contribution >= 0.6 is 0 Å². The average Bonchev–Trinajstić information content (AvgIpc) is 3.02. The second kappa shape index (κ2) is 8.76. The van der Waals surface area contributed by atoms with Crippen LogP contribution < -0.4 is 0 Å². The first-order valence-corrected chi connectivity index (χ1v) is 8.39. The highest BCUT2D eigenvalue weighted by atomic mass is 16.7. The number of carbonyl (C=O) groups is 1. The highest BCUT2D eigenvalue weighted by Gasteiger charge is 2.36. The lowest BCUT2D eigenvalue weighted by molar-refractivity contribution is -0.0992. The molecule has 3 rings (SSSR count). The summed E-state index contributed by atoms with van der Waals surface area (Å²) >= 11 is 0. The second-order valence-electron chi connectivity index (χ2n) is 6.10. The van der Waals surface area contributed by atoms with Crippen molar-refractivity contribution in [1.82, 2.24) is 4.90 Å². The molecule has 0 radical (unpaired) electrons. The molecule has 2 aromatic rings. The molecule has 1 saturated heterocycles. The van der Waals surface area contributed by atoms with Crippen LogP contribution in [0.2, 0.25) is 0 Å². The monoisotopic (exact) mass is 341 g/mol. The van der Waals surface area contributed by atoms with Gasteiger partial charge < -0.3 is 14.2 Å². The maximum atomic E-state index is 12.4. The van der Waals surface area contributed by atoms with Gasteiger partial charge in [0.25, 0.3) is 0 Å². The van der Waals surface area contributed by atoms with Gasteiger partial charge in [-0.25, -0.2) is 4.79 Å². The van der Waals surface area contributed by atoms with Gasteiger partial charge in [-0.3, -0.25) is 4.90 Å². The molecule has 0 spiro atoms. The quantitative estimate of drug-likeness (QED) is 0.572. The zero-order valence-electron chi connectivity index (χ0n) is 14.3. The number of rotatable bonds is 7. The van der Waals surface area contributed by atoms with Gasteiger partial charge in [0.05, 0.1) is 5.56 Å². The lowest BCUT2D eigenvalue weighted by Crippen LogP contribution is -2.32. The van der Waals surface area contributed by atoms with Crippen LogP contribution in [0.4, 0.5) is 0 Å². The zero-order chi connectivity index (χ0) is 17.5. The molecule has 0 N–H and O–H groups in total. The summed E-state index contributed by atoms with van der Waals surface area (Å²) in [4.78, 5) is 14.6. The number of hydrogen-bond acceptors (Lipinski definition) is 5. The SMILES string of the molecule is COCO[C@H]1CN(Cc2ccccc2)C[C@H]1OC(=O)c1ccccc1. The Kier molecular flexibility index (Phi) is 6.17. The van der Waals surface area contributed by atoms with Crippen LogP contribution in [0.1, 0.15) is 15.9 Å². The van der Waals surface area contributed by atoms with E-state index in [4.69, 9.17) is 14.2 Å². The van der Waals surface area contributed by atoms with Crippen molar-refractivity contribution in [2.45, 2.75) is 18.8 Å². The van der Waals surface area contributed by atoms with E-state index in [1.54, 1.807) is 19.2 Å². The number of likely N-dealkylation sites (tertiary alicyclic amines) is 1. The van der Waals surface area contributed by atoms with Crippen molar-refractivity contribution < 1.29 is 19.0 Å². The van der Waals surface area contributed by atoms with Gasteiger partial charge in [0.2, 0.25) is 0 Å². The molecule has 2 aromatic carbocycles. The summed E-state index contributed by atoms with van der Waals surface area (Å²) in [5.74, 6) is -0.321. The van der Waals surface area contributed by atoms with Crippen LogP contribution in [-0.2, 0) is 20.8 Å². The number of methoxy groups -OCH3 is 1. The minimum atomic E-state index is -0.321. The third kappa shape index (κ3) is 4.89. The first kappa shape index (κ1) is 17.6. The van der Waals surface area contributed by atoms with Gasteiger partial charge in [0, 0.05) is 26.7 Å². The van der Waals surface area contributed by atoms with Crippen molar-refractivity contribution in [1.29, 1.82) is 0 Å². The van der Waals surface area contributed by atoms with Gasteiger partial charge in [0.15, 0.2) is 0 Å². The summed E-state index contributed by atoms with van der Waals surface area (Å²) in [6.07, 6.45) is -0.511. The highest BCUT2D eigenvalue weighted by molar-refractivity contribution is 5.89. The van der Waals surface area contributed by atoms with Crippen molar-refractivity contribution in [2.24, 2.45) is 0 Å². The molecule has 1 fully saturated rings. The Bertz CT molecular complexity index is 662. The minimum Gasteiger partial charge on any atom is -0.455 e. The molecular weight excluding hydrogens is 318 g/mol. The van der Waals surface area contributed by atoms with Crippen LogP contribution in [0.15, 0.2) is 60.7 Å². The average molecular weight is 341 g/mol. The Morgan fingerprint density at radius 3 is 2.32 bits per heavy atom. The molecule has 5 nitrogen and oxygen atoms in total. The van der Waals surface area contributed by atoms with E-state index >= 15 is 0 Å². The topological polar surface area (TPSA) is 48.0 Å². The Morgan fingerprint density at radius 2 is 1.64 bits per heavy atom. The molecule has 1 aliphatic rings. The number of nitrogens with zero attached hydrogens (tertiary/aromatic N) is 1. The Morgan fingerprint density at radius 1 is 1.00 bits per heavy atom. The Balaban J connectivity index is 1.64. The Hall–Kier alpha value is -2.21. The third-order valence-corrected chi connectivity index (χ3v) is 4.21. The molecular formula is C20H23NO4. The van der Waals surface area contributed by atoms with Crippen LogP contribution in [0.3, 0.4) is 0 Å². The van der Waals surface area contributed by atoms with E-state index in [-0.39, 0.29) is 25.0 Å². The van der Waals surface area contributed by atoms with Crippen LogP contribution in [0.25, 0.3) is 0 Å². The van der Waals surface area contributed by atoms with E-state index in [0.717, 1.165) is 6.54 Å². The standard InChI is InChI=1S/C20H23NO4/c1-23-15-24-18-13-21(12-16-8-4-2-5-9-16)14-19(18)25-20(22)17-10-6-3-7-11-17/h2-11,18-19H,12-15H2,1H3/t18-,19+/m0/s1. The summed E-state index contributed by atoms with van der Waals surface area (Å²) in [6.45, 7) is 2.32. The van der Waals surface area contributed by atoms with Crippen molar-refractivity contribution in [2.75, 3.05) is 27.0 Å². The first-order chi connectivity index (χ1) is 12.3. The van der Waals surface area contributed by atoms with E-state index in [2.05, 4.69) is 17.0 Å². The molecule has 0 aliphatic carbocycles. The number of carbonyl (C=O) groups excluding carboxylic acids is 1. The van der Waals surface area contributed by atoms with Crippen LogP contribution in [0.5, 0.6) is 0 Å². The fourth-order valence-corrected chi connectivity index (χ4v) is 3.00. The normalized spacial score (nSPS) is 20.5. The van der Waals surface area contributed by atoms with Gasteiger partial charge in [-0.15, -0.1) is 0 Å². The molecule has 0 unspecified atom stereocenters. The van der Waals surface area contributed by atoms with E-state index in [1.807, 2.05) is 36.4 Å². The first-order valence-electron chi connectivity index (χ1n) is 8.39. The molecule has 5 heteroatoms. The van der Waals surface area contributed by atoms with Crippen LogP contribution in [0, 0.1) is 0 Å². The summed E-state index contributed by atoms with van der Waals surface area (Å²) in [5, 5.41) is 0. The molecule has 25 heavy (non-hydrogen) atoms. The van der Waals surface area contributed by atoms with Crippen LogP contribution in [-0.4, -0.2) is 50.1 Å². The maximum absolute atomic E-state index is 12.4. The molecule has 1 aliphatic heterocycles. The van der Waals surface area contributed by atoms with E-state index in [9.17, 15) is 4.79 Å². The largest absolute Gasteiger partial charge is 0.455 e. The number of benzene rings is 2. The van der Waals surface area contributed by atoms with Gasteiger partial charge in [-0.05, 0) is 17.7 Å². The lowest BCUT2D eigenvalue weighted by Gasteiger charge is -2.19. The van der Waals surface area contributed by atoms with Crippen molar-refractivity contribution >= 4 is 5.97 Å². The zero-order valence-corrected chi connectivity index (χ0v) is 14.3. The molecule has 0 aromatic heterocycles. The van der Waals surface area contributed by atoms with E-state index in [1.165, 1.54) is 5.56 Å². The highest BCUT2D eigenvalue weighted by Crippen LogP contribution is 2.20. The van der Waals surface area contributed by atoms with Gasteiger partial charge in [-0.1, -0.05) is 48.5 Å². The van der Waals surface area contributed by atoms with Gasteiger partial charge in [0.1, 0.15) is 19.0 Å². The number of esters is 1. The molecule has 1 heterocycles. The summed E-state index contributed by atoms with van der Waals surface area (Å²) in [5.41, 5.74) is 1.78. The molecule has 0 saturated carbocycles. The second-order valence-corrected chi connectivity index (χ2v) is 6.10. The predicted octanol–water partition coefficient (Wildman–Crippen LogP) is 2.72. The fraction of sp³-hybridized carbons (Fsp3) is 0.350. The summed E-state index contributed by atoms with van der Waals surface area (Å²) in [7, 11) is 1.58. The summed E-state index contributed by atoms with van der Waals surface area (Å²) in [6, 6.07) is 19.3. The maximum Gasteiger partial charge on any atom is 0.338 e. The predicted molar refractivity (Wildman–Crippen MR) is 94.1 cm³/mol. The van der Waals surface area contributed by atoms with E-state index in [0.29, 0.717) is 18.7 Å². The van der Waals surface area contributed by atoms with Crippen molar-refractivity contribution in [3.8, 4) is 0 Å². The van der Waals surface area contributed by atoms with Crippen molar-refractivity contribution in [3.63, 3.8) is 0 Å². The van der Waals surface area contributed by atoms with Gasteiger partial charge in [-0.2, -0.15) is 0 Å². The molecule has 132 valence electrons. The molecule has 2 atom stereocenters. The van der Waals surface area contributed by atoms with Crippen molar-refractivity contribution in [3.05, 3.63) is 71.8 Å². The third-order valence-electron chi connectivity index (χ3n) is 4.21. The Labute approximate surface area is 148 Å². The smallest absolute Gasteiger partial charge is 0.338 e. The number of hydrogen-bond donors (Lipinski definition) is 0. The summed E-state index contributed by atoms with van der Waals surface area (Å²) < 4.78 is 16.5. The van der Waals surface area contributed by atoms with Gasteiger partial charge >= 0.3 is 5.97 Å². The molecule has 0 amide bonds. The molecule has 0 bridgehead atoms. The lowest BCUT2D eigenvalue weighted by atomic mass is 10.2. The fourth-order valence-electron chi connectivity index (χ4n) is 3.00.